The Morgan fingerprint density at radius 3 is 2.85 bits per heavy atom. The fourth-order valence-corrected chi connectivity index (χ4v) is 4.21. The van der Waals surface area contributed by atoms with Crippen LogP contribution in [0, 0.1) is 0 Å². The Morgan fingerprint density at radius 2 is 2.19 bits per heavy atom. The van der Waals surface area contributed by atoms with E-state index in [1.54, 1.807) is 27.7 Å². The van der Waals surface area contributed by atoms with Crippen molar-refractivity contribution < 1.29 is 0 Å². The second-order valence-corrected chi connectivity index (χ2v) is 8.51. The number of hydrogen-bond acceptors (Lipinski definition) is 4. The fraction of sp³-hybridized carbons (Fsp3) is 0.250. The third kappa shape index (κ3) is 4.23. The number of hydrogen-bond donors (Lipinski definition) is 1. The maximum Gasteiger partial charge on any atom is 0.255 e. The second-order valence-electron chi connectivity index (χ2n) is 6.12. The molecule has 2 heterocycles. The van der Waals surface area contributed by atoms with Gasteiger partial charge in [0.2, 0.25) is 0 Å². The molecule has 0 saturated carbocycles. The molecule has 0 unspecified atom stereocenters. The van der Waals surface area contributed by atoms with Crippen LogP contribution in [0.5, 0.6) is 0 Å². The van der Waals surface area contributed by atoms with Crippen molar-refractivity contribution in [2.45, 2.75) is 31.0 Å². The normalized spacial score (nSPS) is 12.4. The van der Waals surface area contributed by atoms with Crippen molar-refractivity contribution in [2.75, 3.05) is 6.26 Å². The van der Waals surface area contributed by atoms with E-state index in [-0.39, 0.29) is 11.6 Å². The van der Waals surface area contributed by atoms with Gasteiger partial charge in [-0.2, -0.15) is 0 Å². The van der Waals surface area contributed by atoms with E-state index < -0.39 is 0 Å². The van der Waals surface area contributed by atoms with Crippen LogP contribution in [0.4, 0.5) is 0 Å². The van der Waals surface area contributed by atoms with Gasteiger partial charge in [0.05, 0.1) is 12.1 Å². The highest BCUT2D eigenvalue weighted by Crippen LogP contribution is 2.23. The zero-order chi connectivity index (χ0) is 18.7. The summed E-state index contributed by atoms with van der Waals surface area (Å²) in [5.74, 6) is 0. The van der Waals surface area contributed by atoms with Crippen LogP contribution in [-0.4, -0.2) is 10.8 Å². The maximum atomic E-state index is 13.0. The molecular weight excluding hydrogens is 384 g/mol. The molecule has 26 heavy (non-hydrogen) atoms. The largest absolute Gasteiger partial charge is 0.305 e. The number of aromatic nitrogens is 1. The van der Waals surface area contributed by atoms with E-state index in [9.17, 15) is 4.79 Å². The molecule has 0 aliphatic heterocycles. The van der Waals surface area contributed by atoms with Gasteiger partial charge in [-0.3, -0.25) is 4.79 Å². The predicted octanol–water partition coefficient (Wildman–Crippen LogP) is 5.39. The van der Waals surface area contributed by atoms with Crippen LogP contribution in [0.25, 0.3) is 10.9 Å². The summed E-state index contributed by atoms with van der Waals surface area (Å²) in [4.78, 5) is 15.4. The Balaban J connectivity index is 1.98. The molecule has 0 aliphatic carbocycles. The van der Waals surface area contributed by atoms with E-state index in [2.05, 4.69) is 42.4 Å². The molecule has 3 nitrogen and oxygen atoms in total. The van der Waals surface area contributed by atoms with Crippen LogP contribution in [0.3, 0.4) is 0 Å². The fourth-order valence-electron chi connectivity index (χ4n) is 2.89. The van der Waals surface area contributed by atoms with Gasteiger partial charge in [0.1, 0.15) is 0 Å². The van der Waals surface area contributed by atoms with Crippen molar-refractivity contribution in [3.05, 3.63) is 74.2 Å². The third-order valence-corrected chi connectivity index (χ3v) is 6.18. The molecule has 0 fully saturated rings. The average Bonchev–Trinajstić information content (AvgIpc) is 3.16. The Bertz CT molecular complexity index is 979. The van der Waals surface area contributed by atoms with E-state index in [1.165, 1.54) is 4.88 Å². The first-order chi connectivity index (χ1) is 12.5. The summed E-state index contributed by atoms with van der Waals surface area (Å²) in [7, 11) is 0. The van der Waals surface area contributed by atoms with Gasteiger partial charge in [0.25, 0.3) is 5.56 Å². The van der Waals surface area contributed by atoms with Gasteiger partial charge in [0, 0.05) is 33.0 Å². The lowest BCUT2D eigenvalue weighted by molar-refractivity contribution is 0.577. The highest BCUT2D eigenvalue weighted by atomic mass is 35.5. The smallest absolute Gasteiger partial charge is 0.255 e. The minimum atomic E-state index is -0.0246. The van der Waals surface area contributed by atoms with Gasteiger partial charge < -0.3 is 9.88 Å². The summed E-state index contributed by atoms with van der Waals surface area (Å²) < 4.78 is 1.72. The maximum absolute atomic E-state index is 13.0. The summed E-state index contributed by atoms with van der Waals surface area (Å²) in [6.07, 6.45) is 2.02. The number of benzene rings is 1. The zero-order valence-corrected chi connectivity index (χ0v) is 17.2. The van der Waals surface area contributed by atoms with Crippen LogP contribution in [0.2, 0.25) is 0 Å². The van der Waals surface area contributed by atoms with Gasteiger partial charge >= 0.3 is 0 Å². The van der Waals surface area contributed by atoms with Crippen LogP contribution in [0.1, 0.15) is 23.4 Å². The molecule has 0 saturated heterocycles. The van der Waals surface area contributed by atoms with Gasteiger partial charge in [-0.05, 0) is 48.2 Å². The Kier molecular flexibility index (Phi) is 6.24. The van der Waals surface area contributed by atoms with E-state index in [0.29, 0.717) is 18.1 Å². The number of nitrogens with one attached hydrogen (secondary N) is 1. The van der Waals surface area contributed by atoms with Crippen LogP contribution in [0.15, 0.2) is 63.1 Å². The molecule has 1 N–H and O–H groups in total. The van der Waals surface area contributed by atoms with Gasteiger partial charge in [-0.15, -0.1) is 23.1 Å². The van der Waals surface area contributed by atoms with E-state index >= 15 is 0 Å². The number of rotatable bonds is 7. The zero-order valence-electron chi connectivity index (χ0n) is 14.8. The number of nitrogens with zero attached hydrogens (tertiary/aromatic N) is 1. The molecule has 136 valence electrons. The van der Waals surface area contributed by atoms with Crippen molar-refractivity contribution in [2.24, 2.45) is 0 Å². The minimum Gasteiger partial charge on any atom is -0.305 e. The molecule has 3 aromatic rings. The average molecular weight is 405 g/mol. The first kappa shape index (κ1) is 19.2. The number of halogens is 1. The molecule has 1 atom stereocenters. The van der Waals surface area contributed by atoms with Crippen molar-refractivity contribution >= 4 is 45.6 Å². The molecule has 0 spiro atoms. The molecule has 0 radical (unpaired) electrons. The molecule has 0 aliphatic rings. The lowest BCUT2D eigenvalue weighted by Crippen LogP contribution is -2.28. The highest BCUT2D eigenvalue weighted by molar-refractivity contribution is 7.98. The predicted molar refractivity (Wildman–Crippen MR) is 115 cm³/mol. The number of thiophene rings is 1. The highest BCUT2D eigenvalue weighted by Gasteiger charge is 2.12. The Hall–Kier alpha value is -1.53. The monoisotopic (exact) mass is 404 g/mol. The standard InChI is InChI=1S/C20H21ClN2OS2/c1-13(21)12-23-18-10-17(25-3)7-6-15(18)9-16(20(23)24)11-22-14(2)19-5-4-8-26-19/h4-10,14,22H,1,11-12H2,2-3H3/t14-/m1/s1. The van der Waals surface area contributed by atoms with Crippen LogP contribution in [-0.2, 0) is 13.1 Å². The van der Waals surface area contributed by atoms with Gasteiger partial charge in [0.15, 0.2) is 0 Å². The van der Waals surface area contributed by atoms with Gasteiger partial charge in [-0.1, -0.05) is 30.3 Å². The number of fused-ring (bicyclic) bond motifs is 1. The minimum absolute atomic E-state index is 0.0246. The molecule has 0 bridgehead atoms. The van der Waals surface area contributed by atoms with Crippen LogP contribution < -0.4 is 10.9 Å². The lowest BCUT2D eigenvalue weighted by atomic mass is 10.1. The van der Waals surface area contributed by atoms with Crippen molar-refractivity contribution in [1.82, 2.24) is 9.88 Å². The second kappa shape index (κ2) is 8.44. The number of thioether (sulfide) groups is 1. The summed E-state index contributed by atoms with van der Waals surface area (Å²) in [6.45, 7) is 6.69. The van der Waals surface area contributed by atoms with E-state index in [4.69, 9.17) is 11.6 Å². The van der Waals surface area contributed by atoms with E-state index in [1.807, 2.05) is 24.5 Å². The molecule has 6 heteroatoms. The number of allylic oxidation sites excluding steroid dienone is 1. The Morgan fingerprint density at radius 1 is 1.38 bits per heavy atom. The Labute approximate surface area is 166 Å². The van der Waals surface area contributed by atoms with Crippen molar-refractivity contribution in [3.8, 4) is 0 Å². The summed E-state index contributed by atoms with van der Waals surface area (Å²) in [5, 5.41) is 6.98. The lowest BCUT2D eigenvalue weighted by Gasteiger charge is -2.16. The molecule has 2 aromatic heterocycles. The summed E-state index contributed by atoms with van der Waals surface area (Å²) in [5.41, 5.74) is 1.60. The molecule has 1 aromatic carbocycles. The molecule has 0 amide bonds. The molecule has 3 rings (SSSR count). The van der Waals surface area contributed by atoms with Crippen molar-refractivity contribution in [3.63, 3.8) is 0 Å². The summed E-state index contributed by atoms with van der Waals surface area (Å²) >= 11 is 9.40. The quantitative estimate of drug-likeness (QED) is 0.536. The topological polar surface area (TPSA) is 34.0 Å². The van der Waals surface area contributed by atoms with Crippen LogP contribution >= 0.6 is 34.7 Å². The SMILES string of the molecule is C=C(Cl)Cn1c(=O)c(CN[C@H](C)c2cccs2)cc2ccc(SC)cc21. The first-order valence-electron chi connectivity index (χ1n) is 8.30. The molecular formula is C20H21ClN2OS2. The van der Waals surface area contributed by atoms with E-state index in [0.717, 1.165) is 21.4 Å². The first-order valence-corrected chi connectivity index (χ1v) is 10.8. The summed E-state index contributed by atoms with van der Waals surface area (Å²) in [6, 6.07) is 12.5. The number of pyridine rings is 1. The third-order valence-electron chi connectivity index (χ3n) is 4.28. The van der Waals surface area contributed by atoms with Gasteiger partial charge in [-0.25, -0.2) is 0 Å². The van der Waals surface area contributed by atoms with Crippen molar-refractivity contribution in [1.29, 1.82) is 0 Å².